The van der Waals surface area contributed by atoms with Crippen LogP contribution in [0.2, 0.25) is 0 Å². The molecule has 3 nitrogen and oxygen atoms in total. The summed E-state index contributed by atoms with van der Waals surface area (Å²) in [6, 6.07) is 8.97. The molecule has 0 radical (unpaired) electrons. The number of ether oxygens (including phenoxy) is 1. The molecule has 1 aromatic rings. The zero-order valence-corrected chi connectivity index (χ0v) is 7.40. The van der Waals surface area contributed by atoms with Gasteiger partial charge in [0.2, 0.25) is 0 Å². The summed E-state index contributed by atoms with van der Waals surface area (Å²) in [5.41, 5.74) is 1.46. The number of aliphatic hydroxyl groups excluding tert-OH is 1. The number of methoxy groups -OCH3 is 1. The standard InChI is InChI=1S/C10H11NO2/c1-13-7-8-4-2-3-5-9(8)10(12)6-11/h2-5,10,12H,7H2,1H3. The highest BCUT2D eigenvalue weighted by atomic mass is 16.5. The highest BCUT2D eigenvalue weighted by Gasteiger charge is 2.09. The second kappa shape index (κ2) is 4.61. The maximum absolute atomic E-state index is 9.32. The van der Waals surface area contributed by atoms with Crippen molar-refractivity contribution in [1.29, 1.82) is 5.26 Å². The molecule has 13 heavy (non-hydrogen) atoms. The lowest BCUT2D eigenvalue weighted by Crippen LogP contribution is -2.00. The van der Waals surface area contributed by atoms with E-state index in [9.17, 15) is 5.11 Å². The maximum Gasteiger partial charge on any atom is 0.166 e. The zero-order valence-electron chi connectivity index (χ0n) is 7.40. The van der Waals surface area contributed by atoms with Gasteiger partial charge in [-0.25, -0.2) is 0 Å². The topological polar surface area (TPSA) is 53.2 Å². The molecule has 0 aliphatic carbocycles. The van der Waals surface area contributed by atoms with Gasteiger partial charge in [0.15, 0.2) is 6.10 Å². The third-order valence-electron chi connectivity index (χ3n) is 1.77. The van der Waals surface area contributed by atoms with Gasteiger partial charge in [-0.2, -0.15) is 5.26 Å². The lowest BCUT2D eigenvalue weighted by molar-refractivity contribution is 0.178. The molecule has 0 aromatic heterocycles. The highest BCUT2D eigenvalue weighted by Crippen LogP contribution is 2.17. The first-order valence-electron chi connectivity index (χ1n) is 3.94. The van der Waals surface area contributed by atoms with Gasteiger partial charge in [-0.05, 0) is 5.56 Å². The molecule has 1 aromatic carbocycles. The number of hydrogen-bond donors (Lipinski definition) is 1. The molecule has 1 rings (SSSR count). The summed E-state index contributed by atoms with van der Waals surface area (Å²) in [6.45, 7) is 0.412. The molecule has 3 heteroatoms. The van der Waals surface area contributed by atoms with E-state index in [1.54, 1.807) is 25.3 Å². The molecule has 1 N–H and O–H groups in total. The quantitative estimate of drug-likeness (QED) is 0.710. The van der Waals surface area contributed by atoms with E-state index in [0.29, 0.717) is 12.2 Å². The van der Waals surface area contributed by atoms with Gasteiger partial charge in [0.05, 0.1) is 12.7 Å². The van der Waals surface area contributed by atoms with Crippen molar-refractivity contribution in [1.82, 2.24) is 0 Å². The molecule has 0 saturated carbocycles. The van der Waals surface area contributed by atoms with Gasteiger partial charge in [-0.15, -0.1) is 0 Å². The lowest BCUT2D eigenvalue weighted by atomic mass is 10.0. The van der Waals surface area contributed by atoms with Crippen molar-refractivity contribution in [2.45, 2.75) is 12.7 Å². The number of nitrogens with zero attached hydrogens (tertiary/aromatic N) is 1. The average Bonchev–Trinajstić information content (AvgIpc) is 2.18. The van der Waals surface area contributed by atoms with Crippen LogP contribution in [-0.2, 0) is 11.3 Å². The van der Waals surface area contributed by atoms with Gasteiger partial charge in [0.1, 0.15) is 0 Å². The Hall–Kier alpha value is -1.37. The molecule has 0 bridgehead atoms. The zero-order chi connectivity index (χ0) is 9.68. The van der Waals surface area contributed by atoms with Gasteiger partial charge in [0, 0.05) is 12.7 Å². The Morgan fingerprint density at radius 1 is 1.54 bits per heavy atom. The smallest absolute Gasteiger partial charge is 0.166 e. The predicted octanol–water partition coefficient (Wildman–Crippen LogP) is 1.39. The van der Waals surface area contributed by atoms with Crippen LogP contribution in [-0.4, -0.2) is 12.2 Å². The molecular formula is C10H11NO2. The molecule has 68 valence electrons. The minimum atomic E-state index is -1.06. The first kappa shape index (κ1) is 9.72. The van der Waals surface area contributed by atoms with Crippen LogP contribution in [0.4, 0.5) is 0 Å². The third kappa shape index (κ3) is 2.28. The molecule has 0 fully saturated rings. The Morgan fingerprint density at radius 3 is 2.85 bits per heavy atom. The van der Waals surface area contributed by atoms with Gasteiger partial charge in [-0.3, -0.25) is 0 Å². The predicted molar refractivity (Wildman–Crippen MR) is 47.7 cm³/mol. The number of rotatable bonds is 3. The largest absolute Gasteiger partial charge is 0.380 e. The normalized spacial score (nSPS) is 12.1. The summed E-state index contributed by atoms with van der Waals surface area (Å²) in [7, 11) is 1.58. The Bertz CT molecular complexity index is 317. The van der Waals surface area contributed by atoms with E-state index in [1.807, 2.05) is 12.1 Å². The number of benzene rings is 1. The first-order valence-corrected chi connectivity index (χ1v) is 3.94. The van der Waals surface area contributed by atoms with E-state index >= 15 is 0 Å². The Labute approximate surface area is 77.2 Å². The summed E-state index contributed by atoms with van der Waals surface area (Å²) >= 11 is 0. The summed E-state index contributed by atoms with van der Waals surface area (Å²) in [6.07, 6.45) is -1.06. The van der Waals surface area contributed by atoms with Gasteiger partial charge in [-0.1, -0.05) is 24.3 Å². The van der Waals surface area contributed by atoms with Crippen LogP contribution >= 0.6 is 0 Å². The van der Waals surface area contributed by atoms with Crippen molar-refractivity contribution in [3.05, 3.63) is 35.4 Å². The molecule has 0 amide bonds. The lowest BCUT2D eigenvalue weighted by Gasteiger charge is -2.08. The number of hydrogen-bond acceptors (Lipinski definition) is 3. The Morgan fingerprint density at radius 2 is 2.23 bits per heavy atom. The van der Waals surface area contributed by atoms with Crippen LogP contribution in [0.15, 0.2) is 24.3 Å². The number of aliphatic hydroxyl groups is 1. The molecular weight excluding hydrogens is 166 g/mol. The summed E-state index contributed by atoms with van der Waals surface area (Å²) < 4.78 is 4.94. The molecule has 0 saturated heterocycles. The van der Waals surface area contributed by atoms with E-state index < -0.39 is 6.10 Å². The fraction of sp³-hybridized carbons (Fsp3) is 0.300. The van der Waals surface area contributed by atoms with Crippen molar-refractivity contribution in [2.75, 3.05) is 7.11 Å². The van der Waals surface area contributed by atoms with Crippen molar-refractivity contribution in [3.63, 3.8) is 0 Å². The van der Waals surface area contributed by atoms with Gasteiger partial charge >= 0.3 is 0 Å². The molecule has 0 aliphatic rings. The summed E-state index contributed by atoms with van der Waals surface area (Å²) in [4.78, 5) is 0. The van der Waals surface area contributed by atoms with Crippen LogP contribution in [0.3, 0.4) is 0 Å². The van der Waals surface area contributed by atoms with Gasteiger partial charge < -0.3 is 9.84 Å². The van der Waals surface area contributed by atoms with Crippen LogP contribution in [0, 0.1) is 11.3 Å². The van der Waals surface area contributed by atoms with Crippen molar-refractivity contribution in [3.8, 4) is 6.07 Å². The molecule has 0 aliphatic heterocycles. The Kier molecular flexibility index (Phi) is 3.44. The van der Waals surface area contributed by atoms with Crippen molar-refractivity contribution < 1.29 is 9.84 Å². The van der Waals surface area contributed by atoms with Crippen LogP contribution in [0.5, 0.6) is 0 Å². The van der Waals surface area contributed by atoms with E-state index in [2.05, 4.69) is 0 Å². The molecule has 0 spiro atoms. The molecule has 1 unspecified atom stereocenters. The second-order valence-corrected chi connectivity index (χ2v) is 2.66. The minimum Gasteiger partial charge on any atom is -0.380 e. The fourth-order valence-electron chi connectivity index (χ4n) is 1.16. The van der Waals surface area contributed by atoms with Crippen LogP contribution in [0.25, 0.3) is 0 Å². The Balaban J connectivity index is 2.98. The van der Waals surface area contributed by atoms with E-state index in [-0.39, 0.29) is 0 Å². The maximum atomic E-state index is 9.32. The van der Waals surface area contributed by atoms with E-state index in [1.165, 1.54) is 0 Å². The van der Waals surface area contributed by atoms with E-state index in [4.69, 9.17) is 10.00 Å². The monoisotopic (exact) mass is 177 g/mol. The van der Waals surface area contributed by atoms with Gasteiger partial charge in [0.25, 0.3) is 0 Å². The van der Waals surface area contributed by atoms with Crippen molar-refractivity contribution >= 4 is 0 Å². The van der Waals surface area contributed by atoms with Crippen LogP contribution in [0.1, 0.15) is 17.2 Å². The third-order valence-corrected chi connectivity index (χ3v) is 1.77. The second-order valence-electron chi connectivity index (χ2n) is 2.66. The summed E-state index contributed by atoms with van der Waals surface area (Å²) in [5.74, 6) is 0. The van der Waals surface area contributed by atoms with E-state index in [0.717, 1.165) is 5.56 Å². The highest BCUT2D eigenvalue weighted by molar-refractivity contribution is 5.31. The average molecular weight is 177 g/mol. The number of nitriles is 1. The fourth-order valence-corrected chi connectivity index (χ4v) is 1.16. The summed E-state index contributed by atoms with van der Waals surface area (Å²) in [5, 5.41) is 17.9. The van der Waals surface area contributed by atoms with Crippen LogP contribution < -0.4 is 0 Å². The minimum absolute atomic E-state index is 0.412. The molecule has 1 atom stereocenters. The van der Waals surface area contributed by atoms with Crippen molar-refractivity contribution in [2.24, 2.45) is 0 Å². The first-order chi connectivity index (χ1) is 6.29. The SMILES string of the molecule is COCc1ccccc1C(O)C#N. The molecule has 0 heterocycles.